The van der Waals surface area contributed by atoms with Crippen molar-refractivity contribution in [3.05, 3.63) is 47.3 Å². The van der Waals surface area contributed by atoms with E-state index in [0.29, 0.717) is 32.1 Å². The molecule has 0 bridgehead atoms. The maximum absolute atomic E-state index is 13.9. The van der Waals surface area contributed by atoms with Gasteiger partial charge in [-0.1, -0.05) is 11.6 Å². The number of hydrogen-bond donors (Lipinski definition) is 0. The second-order valence-electron chi connectivity index (χ2n) is 4.79. The van der Waals surface area contributed by atoms with Crippen molar-refractivity contribution in [2.75, 3.05) is 31.1 Å². The normalized spacial score (nSPS) is 15.0. The van der Waals surface area contributed by atoms with Crippen LogP contribution in [0.5, 0.6) is 0 Å². The second-order valence-corrected chi connectivity index (χ2v) is 5.15. The largest absolute Gasteiger partial charge is 0.337 e. The van der Waals surface area contributed by atoms with Crippen LogP contribution in [-0.2, 0) is 0 Å². The van der Waals surface area contributed by atoms with Crippen LogP contribution in [0.15, 0.2) is 30.7 Å². The van der Waals surface area contributed by atoms with Crippen molar-refractivity contribution >= 4 is 23.5 Å². The Morgan fingerprint density at radius 1 is 1.09 bits per heavy atom. The predicted molar refractivity (Wildman–Crippen MR) is 79.4 cm³/mol. The maximum Gasteiger partial charge on any atom is 0.257 e. The van der Waals surface area contributed by atoms with Gasteiger partial charge in [0.05, 0.1) is 5.56 Å². The molecule has 8 heteroatoms. The molecule has 1 aliphatic heterocycles. The molecule has 1 saturated heterocycles. The van der Waals surface area contributed by atoms with Crippen molar-refractivity contribution < 1.29 is 9.18 Å². The molecule has 22 heavy (non-hydrogen) atoms. The van der Waals surface area contributed by atoms with Crippen molar-refractivity contribution in [2.45, 2.75) is 0 Å². The fourth-order valence-electron chi connectivity index (χ4n) is 2.32. The van der Waals surface area contributed by atoms with Gasteiger partial charge in [-0.3, -0.25) is 4.79 Å². The van der Waals surface area contributed by atoms with Crippen LogP contribution in [0.1, 0.15) is 10.4 Å². The summed E-state index contributed by atoms with van der Waals surface area (Å²) in [5.74, 6) is -0.522. The molecule has 3 heterocycles. The summed E-state index contributed by atoms with van der Waals surface area (Å²) in [6.45, 7) is 2.12. The van der Waals surface area contributed by atoms with Crippen LogP contribution in [-0.4, -0.2) is 51.9 Å². The Labute approximate surface area is 131 Å². The van der Waals surface area contributed by atoms with Gasteiger partial charge in [-0.05, 0) is 12.1 Å². The zero-order chi connectivity index (χ0) is 15.5. The van der Waals surface area contributed by atoms with E-state index < -0.39 is 5.82 Å². The van der Waals surface area contributed by atoms with E-state index >= 15 is 0 Å². The number of anilines is 1. The number of hydrogen-bond acceptors (Lipinski definition) is 5. The van der Waals surface area contributed by atoms with E-state index in [4.69, 9.17) is 11.6 Å². The van der Waals surface area contributed by atoms with Gasteiger partial charge in [0.25, 0.3) is 5.91 Å². The summed E-state index contributed by atoms with van der Waals surface area (Å²) in [6, 6.07) is 3.09. The molecule has 0 saturated carbocycles. The lowest BCUT2D eigenvalue weighted by Gasteiger charge is -2.34. The van der Waals surface area contributed by atoms with Crippen LogP contribution in [0.4, 0.5) is 10.3 Å². The molecule has 0 spiro atoms. The smallest absolute Gasteiger partial charge is 0.257 e. The van der Waals surface area contributed by atoms with E-state index in [1.54, 1.807) is 23.4 Å². The minimum absolute atomic E-state index is 0.0515. The Morgan fingerprint density at radius 2 is 1.77 bits per heavy atom. The Bertz CT molecular complexity index is 676. The minimum atomic E-state index is -0.775. The molecule has 3 rings (SSSR count). The number of carbonyl (C=O) groups is 1. The van der Waals surface area contributed by atoms with Gasteiger partial charge in [-0.15, -0.1) is 0 Å². The molecular weight excluding hydrogens is 309 g/mol. The van der Waals surface area contributed by atoms with E-state index in [-0.39, 0.29) is 16.6 Å². The van der Waals surface area contributed by atoms with Crippen molar-refractivity contribution in [3.8, 4) is 0 Å². The van der Waals surface area contributed by atoms with Gasteiger partial charge >= 0.3 is 0 Å². The van der Waals surface area contributed by atoms with Crippen LogP contribution in [0.25, 0.3) is 0 Å². The highest BCUT2D eigenvalue weighted by Crippen LogP contribution is 2.18. The van der Waals surface area contributed by atoms with Gasteiger partial charge < -0.3 is 9.80 Å². The number of nitrogens with zero attached hydrogens (tertiary/aromatic N) is 5. The first kappa shape index (κ1) is 14.6. The second kappa shape index (κ2) is 6.23. The number of rotatable bonds is 2. The molecule has 114 valence electrons. The van der Waals surface area contributed by atoms with Gasteiger partial charge in [-0.2, -0.15) is 0 Å². The maximum atomic E-state index is 13.9. The third kappa shape index (κ3) is 2.85. The molecule has 0 radical (unpaired) electrons. The Morgan fingerprint density at radius 3 is 2.45 bits per heavy atom. The molecule has 2 aromatic heterocycles. The van der Waals surface area contributed by atoms with E-state index in [9.17, 15) is 9.18 Å². The van der Waals surface area contributed by atoms with Crippen LogP contribution in [0.2, 0.25) is 5.15 Å². The highest BCUT2D eigenvalue weighted by molar-refractivity contribution is 6.29. The predicted octanol–water partition coefficient (Wildman–Crippen LogP) is 1.63. The molecule has 1 aliphatic rings. The molecule has 0 unspecified atom stereocenters. The summed E-state index contributed by atoms with van der Waals surface area (Å²) < 4.78 is 13.9. The summed E-state index contributed by atoms with van der Waals surface area (Å²) in [5.41, 5.74) is -0.0515. The van der Waals surface area contributed by atoms with Crippen molar-refractivity contribution in [2.24, 2.45) is 0 Å². The molecule has 0 N–H and O–H groups in total. The number of halogens is 2. The van der Waals surface area contributed by atoms with Crippen LogP contribution in [0.3, 0.4) is 0 Å². The third-order valence-corrected chi connectivity index (χ3v) is 3.74. The molecule has 0 aliphatic carbocycles. The average molecular weight is 322 g/mol. The first-order valence-electron chi connectivity index (χ1n) is 6.78. The molecule has 2 aromatic rings. The summed E-state index contributed by atoms with van der Waals surface area (Å²) in [5, 5.41) is -0.290. The quantitative estimate of drug-likeness (QED) is 0.787. The lowest BCUT2D eigenvalue weighted by Crippen LogP contribution is -2.49. The lowest BCUT2D eigenvalue weighted by atomic mass is 10.2. The van der Waals surface area contributed by atoms with Gasteiger partial charge in [0.15, 0.2) is 11.0 Å². The molecule has 1 amide bonds. The van der Waals surface area contributed by atoms with E-state index in [1.165, 1.54) is 12.3 Å². The summed E-state index contributed by atoms with van der Waals surface area (Å²) in [4.78, 5) is 27.9. The fraction of sp³-hybridized carbons (Fsp3) is 0.286. The van der Waals surface area contributed by atoms with Crippen molar-refractivity contribution in [1.29, 1.82) is 0 Å². The van der Waals surface area contributed by atoms with Gasteiger partial charge in [0, 0.05) is 44.8 Å². The lowest BCUT2D eigenvalue weighted by molar-refractivity contribution is 0.0741. The molecule has 0 aromatic carbocycles. The number of pyridine rings is 1. The fourth-order valence-corrected chi connectivity index (χ4v) is 2.48. The van der Waals surface area contributed by atoms with E-state index in [1.807, 2.05) is 4.90 Å². The summed E-state index contributed by atoms with van der Waals surface area (Å²) in [6.07, 6.45) is 4.68. The van der Waals surface area contributed by atoms with Crippen LogP contribution >= 0.6 is 11.6 Å². The van der Waals surface area contributed by atoms with Gasteiger partial charge in [0.2, 0.25) is 5.95 Å². The van der Waals surface area contributed by atoms with Gasteiger partial charge in [0.1, 0.15) is 0 Å². The Balaban J connectivity index is 1.69. The third-order valence-electron chi connectivity index (χ3n) is 3.48. The monoisotopic (exact) mass is 321 g/mol. The molecule has 1 fully saturated rings. The Kier molecular flexibility index (Phi) is 4.15. The zero-order valence-corrected chi connectivity index (χ0v) is 12.4. The number of amides is 1. The highest BCUT2D eigenvalue weighted by Gasteiger charge is 2.25. The standard InChI is InChI=1S/C14H13ClFN5O/c15-12-11(16)10(2-5-17-12)13(22)20-6-8-21(9-7-20)14-18-3-1-4-19-14/h1-5H,6-9H2. The first-order valence-corrected chi connectivity index (χ1v) is 7.16. The average Bonchev–Trinajstić information content (AvgIpc) is 2.58. The van der Waals surface area contributed by atoms with E-state index in [2.05, 4.69) is 15.0 Å². The molecular formula is C14H13ClFN5O. The van der Waals surface area contributed by atoms with Crippen LogP contribution in [0, 0.1) is 5.82 Å². The molecule has 0 atom stereocenters. The Hall–Kier alpha value is -2.28. The number of piperazine rings is 1. The first-order chi connectivity index (χ1) is 10.7. The number of aromatic nitrogens is 3. The van der Waals surface area contributed by atoms with Crippen molar-refractivity contribution in [1.82, 2.24) is 19.9 Å². The SMILES string of the molecule is O=C(c1ccnc(Cl)c1F)N1CCN(c2ncccn2)CC1. The topological polar surface area (TPSA) is 62.2 Å². The summed E-state index contributed by atoms with van der Waals surface area (Å²) in [7, 11) is 0. The molecule has 6 nitrogen and oxygen atoms in total. The number of carbonyl (C=O) groups excluding carboxylic acids is 1. The zero-order valence-electron chi connectivity index (χ0n) is 11.6. The van der Waals surface area contributed by atoms with Crippen molar-refractivity contribution in [3.63, 3.8) is 0 Å². The minimum Gasteiger partial charge on any atom is -0.337 e. The summed E-state index contributed by atoms with van der Waals surface area (Å²) >= 11 is 5.62. The van der Waals surface area contributed by atoms with E-state index in [0.717, 1.165) is 0 Å². The van der Waals surface area contributed by atoms with Crippen LogP contribution < -0.4 is 4.90 Å². The highest BCUT2D eigenvalue weighted by atomic mass is 35.5. The van der Waals surface area contributed by atoms with Gasteiger partial charge in [-0.25, -0.2) is 19.3 Å².